The first kappa shape index (κ1) is 32.3. The second kappa shape index (κ2) is 13.5. The zero-order valence-electron chi connectivity index (χ0n) is 25.0. The number of hydrogen-bond donors (Lipinski definition) is 2. The Morgan fingerprint density at radius 1 is 0.891 bits per heavy atom. The Kier molecular flexibility index (Phi) is 9.45. The Bertz CT molecular complexity index is 1850. The number of ether oxygens (including phenoxy) is 2. The number of methoxy groups -OCH3 is 1. The van der Waals surface area contributed by atoms with E-state index in [1.165, 1.54) is 0 Å². The maximum atomic E-state index is 12.4. The van der Waals surface area contributed by atoms with Crippen molar-refractivity contribution in [2.45, 2.75) is 51.4 Å². The van der Waals surface area contributed by atoms with Gasteiger partial charge in [-0.1, -0.05) is 49.2 Å². The molecule has 0 aliphatic heterocycles. The van der Waals surface area contributed by atoms with Crippen LogP contribution in [0.3, 0.4) is 0 Å². The summed E-state index contributed by atoms with van der Waals surface area (Å²) in [5.41, 5.74) is 3.87. The fourth-order valence-electron chi connectivity index (χ4n) is 5.64. The predicted octanol–water partition coefficient (Wildman–Crippen LogP) is 7.04. The standard InChI is InChI=1S/C32H31N3O4.C2HF3O2/c1-38-25-12-8-22(9-13-25)20-35-29-15-14-26(39-21-24-11-10-23-6-2-3-7-27(23)33-24)18-28(29)34-30(35)19-32(31(36)37)16-4-5-17-32;3-2(4,5)1(6)7/h2-3,6-15,18H,4-5,16-17,19-21H2,1H3,(H,36,37);(H,6,7). The number of hydrogen-bond acceptors (Lipinski definition) is 6. The van der Waals surface area contributed by atoms with Crippen LogP contribution in [0.15, 0.2) is 78.9 Å². The number of halogens is 3. The van der Waals surface area contributed by atoms with Gasteiger partial charge < -0.3 is 24.3 Å². The summed E-state index contributed by atoms with van der Waals surface area (Å²) in [6.07, 6.45) is -1.44. The van der Waals surface area contributed by atoms with E-state index in [9.17, 15) is 23.1 Å². The van der Waals surface area contributed by atoms with E-state index in [0.717, 1.165) is 57.6 Å². The minimum absolute atomic E-state index is 0.345. The van der Waals surface area contributed by atoms with Crippen LogP contribution in [0.4, 0.5) is 13.2 Å². The number of carbonyl (C=O) groups is 2. The second-order valence-corrected chi connectivity index (χ2v) is 11.2. The monoisotopic (exact) mass is 635 g/mol. The molecule has 6 rings (SSSR count). The van der Waals surface area contributed by atoms with Gasteiger partial charge in [-0.05, 0) is 54.8 Å². The highest BCUT2D eigenvalue weighted by Crippen LogP contribution is 2.42. The fourth-order valence-corrected chi connectivity index (χ4v) is 5.64. The fraction of sp³-hybridized carbons (Fsp3) is 0.294. The molecule has 46 heavy (non-hydrogen) atoms. The van der Waals surface area contributed by atoms with Gasteiger partial charge in [0, 0.05) is 24.4 Å². The second-order valence-electron chi connectivity index (χ2n) is 11.2. The first-order chi connectivity index (χ1) is 22.0. The van der Waals surface area contributed by atoms with Crippen LogP contribution in [0, 0.1) is 5.41 Å². The molecule has 0 amide bonds. The van der Waals surface area contributed by atoms with E-state index in [1.54, 1.807) is 7.11 Å². The summed E-state index contributed by atoms with van der Waals surface area (Å²) >= 11 is 0. The third kappa shape index (κ3) is 7.39. The Hall–Kier alpha value is -5.13. The lowest BCUT2D eigenvalue weighted by Gasteiger charge is -2.24. The number of rotatable bonds is 9. The number of alkyl halides is 3. The van der Waals surface area contributed by atoms with Crippen molar-refractivity contribution < 1.29 is 42.4 Å². The summed E-state index contributed by atoms with van der Waals surface area (Å²) in [6, 6.07) is 25.9. The molecule has 0 bridgehead atoms. The van der Waals surface area contributed by atoms with Gasteiger partial charge in [0.05, 0.1) is 34.8 Å². The van der Waals surface area contributed by atoms with Crippen LogP contribution in [0.2, 0.25) is 0 Å². The van der Waals surface area contributed by atoms with Gasteiger partial charge in [-0.25, -0.2) is 14.8 Å². The molecule has 0 atom stereocenters. The van der Waals surface area contributed by atoms with Gasteiger partial charge in [0.15, 0.2) is 0 Å². The number of fused-ring (bicyclic) bond motifs is 2. The van der Waals surface area contributed by atoms with Crippen molar-refractivity contribution in [3.63, 3.8) is 0 Å². The van der Waals surface area contributed by atoms with E-state index < -0.39 is 23.5 Å². The normalized spacial score (nSPS) is 14.1. The SMILES string of the molecule is COc1ccc(Cn2c(CC3(C(=O)O)CCCC3)nc3cc(OCc4ccc5ccccc5n4)ccc32)cc1.O=C(O)C(F)(F)F. The number of nitrogens with zero attached hydrogens (tertiary/aromatic N) is 3. The average Bonchev–Trinajstić information content (AvgIpc) is 3.65. The number of carboxylic acid groups (broad SMARTS) is 2. The highest BCUT2D eigenvalue weighted by molar-refractivity contribution is 5.80. The minimum Gasteiger partial charge on any atom is -0.497 e. The maximum Gasteiger partial charge on any atom is 0.490 e. The molecule has 0 saturated heterocycles. The number of aromatic nitrogens is 3. The first-order valence-corrected chi connectivity index (χ1v) is 14.6. The molecule has 0 unspecified atom stereocenters. The van der Waals surface area contributed by atoms with Crippen LogP contribution in [0.1, 0.15) is 42.8 Å². The summed E-state index contributed by atoms with van der Waals surface area (Å²) in [5.74, 6) is -1.19. The molecule has 2 heterocycles. The molecule has 1 saturated carbocycles. The molecule has 2 aromatic heterocycles. The van der Waals surface area contributed by atoms with E-state index in [4.69, 9.17) is 29.3 Å². The zero-order chi connectivity index (χ0) is 32.9. The molecular formula is C34H32F3N3O6. The van der Waals surface area contributed by atoms with E-state index in [1.807, 2.05) is 72.8 Å². The highest BCUT2D eigenvalue weighted by Gasteiger charge is 2.42. The Labute approximate surface area is 262 Å². The van der Waals surface area contributed by atoms with Crippen LogP contribution >= 0.6 is 0 Å². The van der Waals surface area contributed by atoms with Crippen LogP contribution in [-0.2, 0) is 29.2 Å². The van der Waals surface area contributed by atoms with Gasteiger partial charge in [-0.15, -0.1) is 0 Å². The smallest absolute Gasteiger partial charge is 0.490 e. The molecule has 5 aromatic rings. The predicted molar refractivity (Wildman–Crippen MR) is 164 cm³/mol. The summed E-state index contributed by atoms with van der Waals surface area (Å²) in [6.45, 7) is 0.935. The van der Waals surface area contributed by atoms with Gasteiger partial charge in [0.1, 0.15) is 23.9 Å². The number of para-hydroxylation sites is 1. The average molecular weight is 636 g/mol. The van der Waals surface area contributed by atoms with Crippen molar-refractivity contribution >= 4 is 33.9 Å². The van der Waals surface area contributed by atoms with Crippen molar-refractivity contribution in [3.05, 3.63) is 95.9 Å². The first-order valence-electron chi connectivity index (χ1n) is 14.6. The molecule has 1 aliphatic carbocycles. The summed E-state index contributed by atoms with van der Waals surface area (Å²) < 4.78 is 45.3. The molecule has 9 nitrogen and oxygen atoms in total. The molecule has 0 radical (unpaired) electrons. The molecule has 0 spiro atoms. The minimum atomic E-state index is -5.08. The van der Waals surface area contributed by atoms with E-state index in [0.29, 0.717) is 38.2 Å². The van der Waals surface area contributed by atoms with Crippen molar-refractivity contribution in [2.24, 2.45) is 5.41 Å². The van der Waals surface area contributed by atoms with Crippen LogP contribution in [0.5, 0.6) is 11.5 Å². The van der Waals surface area contributed by atoms with Crippen molar-refractivity contribution in [1.82, 2.24) is 14.5 Å². The maximum absolute atomic E-state index is 12.4. The number of benzene rings is 3. The molecule has 12 heteroatoms. The van der Waals surface area contributed by atoms with Crippen molar-refractivity contribution in [1.29, 1.82) is 0 Å². The lowest BCUT2D eigenvalue weighted by Crippen LogP contribution is -2.31. The summed E-state index contributed by atoms with van der Waals surface area (Å²) in [5, 5.41) is 18.4. The summed E-state index contributed by atoms with van der Waals surface area (Å²) in [4.78, 5) is 30.9. The van der Waals surface area contributed by atoms with Gasteiger partial charge in [-0.3, -0.25) is 4.79 Å². The third-order valence-electron chi connectivity index (χ3n) is 8.09. The topological polar surface area (TPSA) is 124 Å². The quantitative estimate of drug-likeness (QED) is 0.177. The van der Waals surface area contributed by atoms with Crippen LogP contribution < -0.4 is 9.47 Å². The largest absolute Gasteiger partial charge is 0.497 e. The Morgan fingerprint density at radius 2 is 1.57 bits per heavy atom. The number of carboxylic acids is 2. The van der Waals surface area contributed by atoms with E-state index in [2.05, 4.69) is 10.6 Å². The lowest BCUT2D eigenvalue weighted by atomic mass is 9.82. The van der Waals surface area contributed by atoms with Gasteiger partial charge >= 0.3 is 18.1 Å². The van der Waals surface area contributed by atoms with Gasteiger partial charge in [0.2, 0.25) is 0 Å². The third-order valence-corrected chi connectivity index (χ3v) is 8.09. The zero-order valence-corrected chi connectivity index (χ0v) is 25.0. The molecule has 240 valence electrons. The molecule has 1 fully saturated rings. The number of pyridine rings is 1. The van der Waals surface area contributed by atoms with Crippen molar-refractivity contribution in [2.75, 3.05) is 7.11 Å². The molecule has 2 N–H and O–H groups in total. The lowest BCUT2D eigenvalue weighted by molar-refractivity contribution is -0.192. The molecule has 3 aromatic carbocycles. The number of imidazole rings is 1. The molecular weight excluding hydrogens is 603 g/mol. The van der Waals surface area contributed by atoms with Crippen molar-refractivity contribution in [3.8, 4) is 11.5 Å². The van der Waals surface area contributed by atoms with Gasteiger partial charge in [0.25, 0.3) is 0 Å². The highest BCUT2D eigenvalue weighted by atomic mass is 19.4. The van der Waals surface area contributed by atoms with Crippen LogP contribution in [0.25, 0.3) is 21.9 Å². The van der Waals surface area contributed by atoms with E-state index in [-0.39, 0.29) is 0 Å². The Morgan fingerprint density at radius 3 is 2.22 bits per heavy atom. The Balaban J connectivity index is 0.000000537. The van der Waals surface area contributed by atoms with E-state index >= 15 is 0 Å². The molecule has 1 aliphatic rings. The van der Waals surface area contributed by atoms with Gasteiger partial charge in [-0.2, -0.15) is 13.2 Å². The number of aliphatic carboxylic acids is 2. The van der Waals surface area contributed by atoms with Crippen LogP contribution in [-0.4, -0.2) is 50.0 Å². The summed E-state index contributed by atoms with van der Waals surface area (Å²) in [7, 11) is 1.65.